The molecule has 0 aliphatic rings. The second kappa shape index (κ2) is 10.7. The summed E-state index contributed by atoms with van der Waals surface area (Å²) in [6.45, 7) is 3.97. The van der Waals surface area contributed by atoms with E-state index in [1.54, 1.807) is 42.5 Å². The predicted molar refractivity (Wildman–Crippen MR) is 111 cm³/mol. The number of ether oxygens (including phenoxy) is 1. The van der Waals surface area contributed by atoms with Crippen molar-refractivity contribution in [3.05, 3.63) is 63.6 Å². The Hall–Kier alpha value is -2.57. The van der Waals surface area contributed by atoms with Gasteiger partial charge in [0.1, 0.15) is 12.4 Å². The van der Waals surface area contributed by atoms with Crippen LogP contribution in [0.3, 0.4) is 0 Å². The number of hydrazone groups is 1. The summed E-state index contributed by atoms with van der Waals surface area (Å²) < 4.78 is 5.69. The average molecular weight is 422 g/mol. The quantitative estimate of drug-likeness (QED) is 0.403. The molecule has 0 heterocycles. The van der Waals surface area contributed by atoms with Crippen LogP contribution in [0.15, 0.2) is 47.6 Å². The smallest absolute Gasteiger partial charge is 0.329 e. The molecule has 0 aliphatic heterocycles. The number of nitrogens with one attached hydrogen (secondary N) is 2. The van der Waals surface area contributed by atoms with Gasteiger partial charge in [0, 0.05) is 21.7 Å². The van der Waals surface area contributed by atoms with Crippen LogP contribution in [0, 0.1) is 0 Å². The van der Waals surface area contributed by atoms with Gasteiger partial charge >= 0.3 is 11.8 Å². The standard InChI is InChI=1S/C20H21Cl2N3O3/c1-3-13(2)24-19(26)20(27)25-23-11-14-7-9-15(10-8-14)28-12-16-17(21)5-4-6-18(16)22/h4-11,13H,3,12H2,1-2H3,(H,24,26)(H,25,27)/b23-11-/t13-/m0/s1. The molecular weight excluding hydrogens is 401 g/mol. The van der Waals surface area contributed by atoms with Crippen molar-refractivity contribution in [3.63, 3.8) is 0 Å². The molecule has 0 unspecified atom stereocenters. The first-order valence-corrected chi connectivity index (χ1v) is 9.46. The van der Waals surface area contributed by atoms with Gasteiger partial charge < -0.3 is 10.1 Å². The van der Waals surface area contributed by atoms with Crippen molar-refractivity contribution >= 4 is 41.2 Å². The number of halogens is 2. The van der Waals surface area contributed by atoms with E-state index in [9.17, 15) is 9.59 Å². The molecule has 2 N–H and O–H groups in total. The second-order valence-corrected chi connectivity index (χ2v) is 6.85. The number of carbonyl (C=O) groups excluding carboxylic acids is 2. The Kier molecular flexibility index (Phi) is 8.29. The third kappa shape index (κ3) is 6.55. The number of benzene rings is 2. The lowest BCUT2D eigenvalue weighted by Crippen LogP contribution is -2.41. The minimum absolute atomic E-state index is 0.0737. The summed E-state index contributed by atoms with van der Waals surface area (Å²) in [4.78, 5) is 23.2. The van der Waals surface area contributed by atoms with Gasteiger partial charge in [0.2, 0.25) is 0 Å². The summed E-state index contributed by atoms with van der Waals surface area (Å²) >= 11 is 12.2. The summed E-state index contributed by atoms with van der Waals surface area (Å²) in [6.07, 6.45) is 2.17. The maximum atomic E-state index is 11.6. The minimum Gasteiger partial charge on any atom is -0.489 e. The third-order valence-electron chi connectivity index (χ3n) is 3.90. The molecule has 0 fully saturated rings. The van der Waals surface area contributed by atoms with Gasteiger partial charge in [0.05, 0.1) is 6.21 Å². The Balaban J connectivity index is 1.86. The SMILES string of the molecule is CC[C@H](C)NC(=O)C(=O)N/N=C\c1ccc(OCc2c(Cl)cccc2Cl)cc1. The molecule has 0 saturated carbocycles. The van der Waals surface area contributed by atoms with E-state index in [4.69, 9.17) is 27.9 Å². The first-order valence-electron chi connectivity index (χ1n) is 8.70. The van der Waals surface area contributed by atoms with E-state index in [2.05, 4.69) is 15.8 Å². The lowest BCUT2D eigenvalue weighted by Gasteiger charge is -2.10. The van der Waals surface area contributed by atoms with E-state index < -0.39 is 11.8 Å². The van der Waals surface area contributed by atoms with Crippen molar-refractivity contribution < 1.29 is 14.3 Å². The molecule has 28 heavy (non-hydrogen) atoms. The first kappa shape index (κ1) is 21.7. The highest BCUT2D eigenvalue weighted by Crippen LogP contribution is 2.25. The van der Waals surface area contributed by atoms with E-state index in [1.165, 1.54) is 6.21 Å². The molecule has 148 valence electrons. The summed E-state index contributed by atoms with van der Waals surface area (Å²) in [5.41, 5.74) is 3.64. The van der Waals surface area contributed by atoms with Gasteiger partial charge in [0.15, 0.2) is 0 Å². The van der Waals surface area contributed by atoms with Gasteiger partial charge in [-0.05, 0) is 55.3 Å². The van der Waals surface area contributed by atoms with Crippen LogP contribution in [-0.4, -0.2) is 24.1 Å². The second-order valence-electron chi connectivity index (χ2n) is 6.04. The Morgan fingerprint density at radius 3 is 2.36 bits per heavy atom. The van der Waals surface area contributed by atoms with Crippen LogP contribution >= 0.6 is 23.2 Å². The fourth-order valence-electron chi connectivity index (χ4n) is 2.08. The fraction of sp³-hybridized carbons (Fsp3) is 0.250. The average Bonchev–Trinajstić information content (AvgIpc) is 2.68. The predicted octanol–water partition coefficient (Wildman–Crippen LogP) is 3.94. The summed E-state index contributed by atoms with van der Waals surface area (Å²) in [5.74, 6) is -0.897. The molecule has 0 saturated heterocycles. The molecule has 0 aliphatic carbocycles. The van der Waals surface area contributed by atoms with Gasteiger partial charge in [-0.1, -0.05) is 36.2 Å². The molecule has 0 radical (unpaired) electrons. The third-order valence-corrected chi connectivity index (χ3v) is 4.61. The van der Waals surface area contributed by atoms with Crippen LogP contribution < -0.4 is 15.5 Å². The van der Waals surface area contributed by atoms with Gasteiger partial charge in [-0.25, -0.2) is 5.43 Å². The maximum Gasteiger partial charge on any atom is 0.329 e. The molecule has 1 atom stereocenters. The molecule has 8 heteroatoms. The van der Waals surface area contributed by atoms with Crippen LogP contribution in [0.2, 0.25) is 10.0 Å². The fourth-order valence-corrected chi connectivity index (χ4v) is 2.59. The van der Waals surface area contributed by atoms with Crippen molar-refractivity contribution in [2.75, 3.05) is 0 Å². The summed E-state index contributed by atoms with van der Waals surface area (Å²) in [5, 5.41) is 7.43. The van der Waals surface area contributed by atoms with Crippen molar-refractivity contribution in [1.82, 2.24) is 10.7 Å². The number of hydrogen-bond acceptors (Lipinski definition) is 4. The lowest BCUT2D eigenvalue weighted by molar-refractivity contribution is -0.139. The van der Waals surface area contributed by atoms with E-state index in [0.717, 1.165) is 17.5 Å². The highest BCUT2D eigenvalue weighted by atomic mass is 35.5. The van der Waals surface area contributed by atoms with E-state index >= 15 is 0 Å². The Labute approximate surface area is 173 Å². The van der Waals surface area contributed by atoms with Crippen LogP contribution in [0.4, 0.5) is 0 Å². The van der Waals surface area contributed by atoms with Gasteiger partial charge in [-0.2, -0.15) is 5.10 Å². The van der Waals surface area contributed by atoms with Crippen molar-refractivity contribution in [2.24, 2.45) is 5.10 Å². The Bertz CT molecular complexity index is 834. The number of nitrogens with zero attached hydrogens (tertiary/aromatic N) is 1. The molecule has 2 aromatic carbocycles. The molecule has 2 rings (SSSR count). The topological polar surface area (TPSA) is 79.8 Å². The number of rotatable bonds is 7. The Morgan fingerprint density at radius 1 is 1.11 bits per heavy atom. The molecule has 0 aromatic heterocycles. The molecule has 2 amide bonds. The largest absolute Gasteiger partial charge is 0.489 e. The zero-order valence-electron chi connectivity index (χ0n) is 15.5. The van der Waals surface area contributed by atoms with E-state index in [1.807, 2.05) is 13.8 Å². The van der Waals surface area contributed by atoms with Gasteiger partial charge in [-0.15, -0.1) is 0 Å². The highest BCUT2D eigenvalue weighted by molar-refractivity contribution is 6.36. The zero-order chi connectivity index (χ0) is 20.5. The van der Waals surface area contributed by atoms with Crippen molar-refractivity contribution in [3.8, 4) is 5.75 Å². The van der Waals surface area contributed by atoms with Crippen LogP contribution in [0.5, 0.6) is 5.75 Å². The van der Waals surface area contributed by atoms with Crippen LogP contribution in [0.25, 0.3) is 0 Å². The number of carbonyl (C=O) groups is 2. The van der Waals surface area contributed by atoms with Crippen LogP contribution in [-0.2, 0) is 16.2 Å². The summed E-state index contributed by atoms with van der Waals surface area (Å²) in [7, 11) is 0. The van der Waals surface area contributed by atoms with Crippen LogP contribution in [0.1, 0.15) is 31.4 Å². The monoisotopic (exact) mass is 421 g/mol. The van der Waals surface area contributed by atoms with Gasteiger partial charge in [-0.3, -0.25) is 9.59 Å². The van der Waals surface area contributed by atoms with E-state index in [0.29, 0.717) is 15.8 Å². The number of amides is 2. The van der Waals surface area contributed by atoms with Crippen molar-refractivity contribution in [1.29, 1.82) is 0 Å². The Morgan fingerprint density at radius 2 is 1.75 bits per heavy atom. The molecule has 0 bridgehead atoms. The zero-order valence-corrected chi connectivity index (χ0v) is 17.1. The van der Waals surface area contributed by atoms with Gasteiger partial charge in [0.25, 0.3) is 0 Å². The normalized spacial score (nSPS) is 11.9. The number of hydrogen-bond donors (Lipinski definition) is 2. The van der Waals surface area contributed by atoms with E-state index in [-0.39, 0.29) is 12.6 Å². The molecule has 0 spiro atoms. The van der Waals surface area contributed by atoms with Crippen molar-refractivity contribution in [2.45, 2.75) is 32.9 Å². The first-order chi connectivity index (χ1) is 13.4. The molecule has 6 nitrogen and oxygen atoms in total. The molecular formula is C20H21Cl2N3O3. The maximum absolute atomic E-state index is 11.6. The summed E-state index contributed by atoms with van der Waals surface area (Å²) in [6, 6.07) is 12.2. The lowest BCUT2D eigenvalue weighted by atomic mass is 10.2. The molecule has 2 aromatic rings. The minimum atomic E-state index is -0.812. The highest BCUT2D eigenvalue weighted by Gasteiger charge is 2.14.